The number of alkyl halides is 1. The molecule has 0 radical (unpaired) electrons. The molecule has 0 aliphatic rings. The molecule has 0 aromatic carbocycles. The van der Waals surface area contributed by atoms with Crippen molar-refractivity contribution in [1.29, 1.82) is 0 Å². The van der Waals surface area contributed by atoms with E-state index in [0.717, 1.165) is 0 Å². The summed E-state index contributed by atoms with van der Waals surface area (Å²) in [6, 6.07) is 0. The molecule has 0 bridgehead atoms. The van der Waals surface area contributed by atoms with Crippen molar-refractivity contribution in [3.8, 4) is 0 Å². The lowest BCUT2D eigenvalue weighted by Gasteiger charge is -2.17. The Morgan fingerprint density at radius 1 is 1.60 bits per heavy atom. The van der Waals surface area contributed by atoms with E-state index in [4.69, 9.17) is 0 Å². The Morgan fingerprint density at radius 2 is 2.10 bits per heavy atom. The predicted molar refractivity (Wildman–Crippen MR) is 36.4 cm³/mol. The van der Waals surface area contributed by atoms with Crippen molar-refractivity contribution in [2.75, 3.05) is 13.3 Å². The SMILES string of the molecule is CCOC(=O)C(C)(C)CF. The molecule has 0 aromatic heterocycles. The fourth-order valence-electron chi connectivity index (χ4n) is 0.381. The lowest BCUT2D eigenvalue weighted by molar-refractivity contribution is -0.154. The molecule has 0 unspecified atom stereocenters. The van der Waals surface area contributed by atoms with Gasteiger partial charge in [-0.25, -0.2) is 4.39 Å². The number of ether oxygens (including phenoxy) is 1. The lowest BCUT2D eigenvalue weighted by atomic mass is 9.96. The van der Waals surface area contributed by atoms with E-state index in [2.05, 4.69) is 4.74 Å². The number of esters is 1. The Labute approximate surface area is 60.4 Å². The van der Waals surface area contributed by atoms with Crippen LogP contribution in [0, 0.1) is 5.41 Å². The monoisotopic (exact) mass is 148 g/mol. The van der Waals surface area contributed by atoms with Crippen molar-refractivity contribution in [1.82, 2.24) is 0 Å². The van der Waals surface area contributed by atoms with Gasteiger partial charge in [-0.2, -0.15) is 0 Å². The first-order chi connectivity index (χ1) is 4.54. The molecule has 0 aliphatic carbocycles. The summed E-state index contributed by atoms with van der Waals surface area (Å²) < 4.78 is 16.7. The maximum absolute atomic E-state index is 12.0. The smallest absolute Gasteiger partial charge is 0.314 e. The van der Waals surface area contributed by atoms with Gasteiger partial charge in [-0.05, 0) is 20.8 Å². The van der Waals surface area contributed by atoms with E-state index in [1.165, 1.54) is 13.8 Å². The minimum atomic E-state index is -0.976. The molecule has 0 N–H and O–H groups in total. The summed E-state index contributed by atoms with van der Waals surface area (Å²) in [5.41, 5.74) is -0.976. The second-order valence-electron chi connectivity index (χ2n) is 2.74. The molecule has 0 saturated carbocycles. The van der Waals surface area contributed by atoms with E-state index in [1.54, 1.807) is 6.92 Å². The summed E-state index contributed by atoms with van der Waals surface area (Å²) >= 11 is 0. The van der Waals surface area contributed by atoms with Crippen LogP contribution in [0.1, 0.15) is 20.8 Å². The zero-order chi connectivity index (χ0) is 8.20. The fraction of sp³-hybridized carbons (Fsp3) is 0.857. The van der Waals surface area contributed by atoms with Crippen LogP contribution in [-0.2, 0) is 9.53 Å². The summed E-state index contributed by atoms with van der Waals surface area (Å²) in [7, 11) is 0. The fourth-order valence-corrected chi connectivity index (χ4v) is 0.381. The van der Waals surface area contributed by atoms with E-state index in [9.17, 15) is 9.18 Å². The Kier molecular flexibility index (Phi) is 3.33. The minimum absolute atomic E-state index is 0.308. The highest BCUT2D eigenvalue weighted by molar-refractivity contribution is 5.75. The molecule has 2 nitrogen and oxygen atoms in total. The Bertz CT molecular complexity index is 121. The number of hydrogen-bond acceptors (Lipinski definition) is 2. The first-order valence-corrected chi connectivity index (χ1v) is 3.27. The Balaban J connectivity index is 3.91. The van der Waals surface area contributed by atoms with Crippen LogP contribution in [0.3, 0.4) is 0 Å². The molecule has 0 amide bonds. The van der Waals surface area contributed by atoms with Gasteiger partial charge in [0.1, 0.15) is 6.67 Å². The maximum atomic E-state index is 12.0. The van der Waals surface area contributed by atoms with Gasteiger partial charge >= 0.3 is 5.97 Å². The van der Waals surface area contributed by atoms with E-state index in [-0.39, 0.29) is 0 Å². The van der Waals surface area contributed by atoms with Crippen molar-refractivity contribution in [2.45, 2.75) is 20.8 Å². The quantitative estimate of drug-likeness (QED) is 0.567. The molecule has 3 heteroatoms. The highest BCUT2D eigenvalue weighted by atomic mass is 19.1. The molecule has 10 heavy (non-hydrogen) atoms. The molecule has 0 aliphatic heterocycles. The van der Waals surface area contributed by atoms with E-state index < -0.39 is 18.1 Å². The van der Waals surface area contributed by atoms with Gasteiger partial charge < -0.3 is 4.74 Å². The number of carbonyl (C=O) groups excluding carboxylic acids is 1. The topological polar surface area (TPSA) is 26.3 Å². The van der Waals surface area contributed by atoms with Crippen LogP contribution in [-0.4, -0.2) is 19.3 Å². The van der Waals surface area contributed by atoms with Crippen LogP contribution in [0.4, 0.5) is 4.39 Å². The zero-order valence-corrected chi connectivity index (χ0v) is 6.61. The van der Waals surface area contributed by atoms with Crippen molar-refractivity contribution in [3.63, 3.8) is 0 Å². The van der Waals surface area contributed by atoms with Crippen molar-refractivity contribution in [2.24, 2.45) is 5.41 Å². The predicted octanol–water partition coefficient (Wildman–Crippen LogP) is 1.55. The normalized spacial score (nSPS) is 11.2. The van der Waals surface area contributed by atoms with Crippen molar-refractivity contribution in [3.05, 3.63) is 0 Å². The first kappa shape index (κ1) is 9.40. The second kappa shape index (κ2) is 3.54. The average molecular weight is 148 g/mol. The summed E-state index contributed by atoms with van der Waals surface area (Å²) in [5.74, 6) is -0.475. The standard InChI is InChI=1S/C7H13FO2/c1-4-10-6(9)7(2,3)5-8/h4-5H2,1-3H3. The van der Waals surface area contributed by atoms with E-state index in [1.807, 2.05) is 0 Å². The highest BCUT2D eigenvalue weighted by Crippen LogP contribution is 2.17. The van der Waals surface area contributed by atoms with Gasteiger partial charge in [0.25, 0.3) is 0 Å². The van der Waals surface area contributed by atoms with Gasteiger partial charge in [-0.15, -0.1) is 0 Å². The lowest BCUT2D eigenvalue weighted by Crippen LogP contribution is -2.28. The van der Waals surface area contributed by atoms with E-state index in [0.29, 0.717) is 6.61 Å². The van der Waals surface area contributed by atoms with Gasteiger partial charge in [0.15, 0.2) is 0 Å². The molecule has 0 rings (SSSR count). The van der Waals surface area contributed by atoms with Gasteiger partial charge in [-0.1, -0.05) is 0 Å². The third-order valence-electron chi connectivity index (χ3n) is 1.16. The Hall–Kier alpha value is -0.600. The maximum Gasteiger partial charge on any atom is 0.314 e. The molecule has 0 heterocycles. The van der Waals surface area contributed by atoms with Crippen LogP contribution in [0.25, 0.3) is 0 Å². The summed E-state index contributed by atoms with van der Waals surface area (Å²) in [6.07, 6.45) is 0. The van der Waals surface area contributed by atoms with Crippen LogP contribution >= 0.6 is 0 Å². The summed E-state index contributed by atoms with van der Waals surface area (Å²) in [5, 5.41) is 0. The van der Waals surface area contributed by atoms with E-state index >= 15 is 0 Å². The van der Waals surface area contributed by atoms with Crippen LogP contribution < -0.4 is 0 Å². The summed E-state index contributed by atoms with van der Waals surface area (Å²) in [6.45, 7) is 4.37. The van der Waals surface area contributed by atoms with Crippen LogP contribution in [0.2, 0.25) is 0 Å². The second-order valence-corrected chi connectivity index (χ2v) is 2.74. The molecular weight excluding hydrogens is 135 g/mol. The Morgan fingerprint density at radius 3 is 2.40 bits per heavy atom. The molecule has 0 fully saturated rings. The van der Waals surface area contributed by atoms with Gasteiger partial charge in [0.2, 0.25) is 0 Å². The molecule has 0 spiro atoms. The molecule has 60 valence electrons. The van der Waals surface area contributed by atoms with Gasteiger partial charge in [-0.3, -0.25) is 4.79 Å². The number of rotatable bonds is 3. The van der Waals surface area contributed by atoms with Crippen LogP contribution in [0.15, 0.2) is 0 Å². The molecule has 0 aromatic rings. The average Bonchev–Trinajstić information content (AvgIpc) is 1.89. The van der Waals surface area contributed by atoms with Crippen molar-refractivity contribution < 1.29 is 13.9 Å². The molecule has 0 atom stereocenters. The highest BCUT2D eigenvalue weighted by Gasteiger charge is 2.28. The largest absolute Gasteiger partial charge is 0.466 e. The molecular formula is C7H13FO2. The third kappa shape index (κ3) is 2.33. The van der Waals surface area contributed by atoms with Gasteiger partial charge in [0, 0.05) is 0 Å². The van der Waals surface area contributed by atoms with Gasteiger partial charge in [0.05, 0.1) is 12.0 Å². The minimum Gasteiger partial charge on any atom is -0.466 e. The number of halogens is 1. The van der Waals surface area contributed by atoms with Crippen LogP contribution in [0.5, 0.6) is 0 Å². The first-order valence-electron chi connectivity index (χ1n) is 3.27. The number of hydrogen-bond donors (Lipinski definition) is 0. The number of carbonyl (C=O) groups is 1. The van der Waals surface area contributed by atoms with Crippen molar-refractivity contribution >= 4 is 5.97 Å². The summed E-state index contributed by atoms with van der Waals surface area (Å²) in [4.78, 5) is 10.8. The zero-order valence-electron chi connectivity index (χ0n) is 6.61. The third-order valence-corrected chi connectivity index (χ3v) is 1.16. The molecule has 0 saturated heterocycles.